The van der Waals surface area contributed by atoms with Crippen LogP contribution in [-0.2, 0) is 28.6 Å². The summed E-state index contributed by atoms with van der Waals surface area (Å²) in [6, 6.07) is 0. The van der Waals surface area contributed by atoms with E-state index in [1.807, 2.05) is 0 Å². The molecule has 2 heterocycles. The zero-order valence-electron chi connectivity index (χ0n) is 10.3. The van der Waals surface area contributed by atoms with Crippen LogP contribution < -0.4 is 0 Å². The van der Waals surface area contributed by atoms with Gasteiger partial charge in [0.2, 0.25) is 0 Å². The van der Waals surface area contributed by atoms with E-state index in [4.69, 9.17) is 19.3 Å². The van der Waals surface area contributed by atoms with Crippen molar-refractivity contribution in [2.24, 2.45) is 0 Å². The molecule has 0 bridgehead atoms. The van der Waals surface area contributed by atoms with Gasteiger partial charge in [0, 0.05) is 0 Å². The third-order valence-electron chi connectivity index (χ3n) is 3.01. The Bertz CT molecular complexity index is 412. The zero-order chi connectivity index (χ0) is 14.7. The van der Waals surface area contributed by atoms with Crippen molar-refractivity contribution < 1.29 is 38.8 Å². The topological polar surface area (TPSA) is 134 Å². The maximum Gasteiger partial charge on any atom is 0.306 e. The molecule has 10 heteroatoms. The van der Waals surface area contributed by atoms with E-state index in [1.165, 1.54) is 0 Å². The Kier molecular flexibility index (Phi) is 4.35. The van der Waals surface area contributed by atoms with Gasteiger partial charge in [0.05, 0.1) is 26.1 Å². The summed E-state index contributed by atoms with van der Waals surface area (Å²) in [6.45, 7) is 0.00517. The summed E-state index contributed by atoms with van der Waals surface area (Å²) in [7, 11) is 0. The number of hydrogen-bond donors (Lipinski definition) is 1. The minimum absolute atomic E-state index is 0.0283. The molecular formula is C10H13NO9. The normalized spacial score (nSPS) is 31.6. The molecule has 2 fully saturated rings. The van der Waals surface area contributed by atoms with Gasteiger partial charge in [-0.15, -0.1) is 10.1 Å². The first-order chi connectivity index (χ1) is 9.47. The highest BCUT2D eigenvalue weighted by Gasteiger charge is 2.51. The molecule has 0 spiro atoms. The minimum Gasteiger partial charge on any atom is -0.481 e. The first-order valence-electron chi connectivity index (χ1n) is 5.93. The van der Waals surface area contributed by atoms with E-state index in [9.17, 15) is 19.7 Å². The van der Waals surface area contributed by atoms with Crippen LogP contribution in [0, 0.1) is 10.1 Å². The highest BCUT2D eigenvalue weighted by molar-refractivity contribution is 5.76. The molecule has 2 rings (SSSR count). The van der Waals surface area contributed by atoms with Gasteiger partial charge < -0.3 is 24.2 Å². The van der Waals surface area contributed by atoms with E-state index in [2.05, 4.69) is 4.84 Å². The van der Waals surface area contributed by atoms with E-state index in [-0.39, 0.29) is 26.1 Å². The highest BCUT2D eigenvalue weighted by atomic mass is 17.0. The lowest BCUT2D eigenvalue weighted by molar-refractivity contribution is -0.769. The van der Waals surface area contributed by atoms with Crippen LogP contribution in [0.3, 0.4) is 0 Å². The highest BCUT2D eigenvalue weighted by Crippen LogP contribution is 2.30. The van der Waals surface area contributed by atoms with Gasteiger partial charge in [-0.3, -0.25) is 9.59 Å². The van der Waals surface area contributed by atoms with Crippen molar-refractivity contribution in [1.29, 1.82) is 0 Å². The summed E-state index contributed by atoms with van der Waals surface area (Å²) in [5.41, 5.74) is 0. The largest absolute Gasteiger partial charge is 0.481 e. The summed E-state index contributed by atoms with van der Waals surface area (Å²) in [6.07, 6.45) is -3.43. The predicted octanol–water partition coefficient (Wildman–Crippen LogP) is -0.862. The molecule has 2 aliphatic heterocycles. The lowest BCUT2D eigenvalue weighted by Crippen LogP contribution is -2.35. The van der Waals surface area contributed by atoms with Gasteiger partial charge in [0.15, 0.2) is 12.2 Å². The summed E-state index contributed by atoms with van der Waals surface area (Å²) in [5.74, 6) is -1.78. The van der Waals surface area contributed by atoms with E-state index in [0.717, 1.165) is 0 Å². The molecule has 0 unspecified atom stereocenters. The Morgan fingerprint density at radius 1 is 1.20 bits per heavy atom. The Balaban J connectivity index is 1.83. The standard InChI is InChI=1S/C10H13NO9/c12-7(13)1-2-8(14)19-5-3-17-10-6(20-11(15)16)4-18-9(5)10/h5-6,9-10H,1-4H2,(H,12,13)/t5-,6+,9-,10+/m0/s1. The number of carbonyl (C=O) groups excluding carboxylic acids is 1. The second-order valence-corrected chi connectivity index (χ2v) is 4.39. The Labute approximate surface area is 112 Å². The van der Waals surface area contributed by atoms with Crippen LogP contribution in [0.4, 0.5) is 0 Å². The molecule has 112 valence electrons. The molecule has 0 aromatic carbocycles. The number of carboxylic acid groups (broad SMARTS) is 1. The molecule has 2 aliphatic rings. The maximum atomic E-state index is 11.4. The van der Waals surface area contributed by atoms with Crippen molar-refractivity contribution in [3.8, 4) is 0 Å². The van der Waals surface area contributed by atoms with Crippen LogP contribution >= 0.6 is 0 Å². The summed E-state index contributed by atoms with van der Waals surface area (Å²) in [4.78, 5) is 36.4. The number of carboxylic acids is 1. The molecule has 0 aliphatic carbocycles. The lowest BCUT2D eigenvalue weighted by atomic mass is 10.1. The molecule has 2 saturated heterocycles. The second kappa shape index (κ2) is 6.01. The van der Waals surface area contributed by atoms with Gasteiger partial charge >= 0.3 is 11.9 Å². The predicted molar refractivity (Wildman–Crippen MR) is 58.1 cm³/mol. The molecule has 0 aromatic rings. The number of rotatable bonds is 6. The monoisotopic (exact) mass is 291 g/mol. The molecule has 0 radical (unpaired) electrons. The SMILES string of the molecule is O=C(O)CCC(=O)O[C@H]1CO[C@H]2[C@H]1OC[C@H]2O[N+](=O)[O-]. The number of nitrogens with zero attached hydrogens (tertiary/aromatic N) is 1. The van der Waals surface area contributed by atoms with Crippen LogP contribution in [0.5, 0.6) is 0 Å². The Hall–Kier alpha value is -1.94. The van der Waals surface area contributed by atoms with E-state index in [1.54, 1.807) is 0 Å². The average molecular weight is 291 g/mol. The molecule has 4 atom stereocenters. The quantitative estimate of drug-likeness (QED) is 0.376. The number of carbonyl (C=O) groups is 2. The molecule has 20 heavy (non-hydrogen) atoms. The van der Waals surface area contributed by atoms with Crippen LogP contribution in [0.2, 0.25) is 0 Å². The van der Waals surface area contributed by atoms with Gasteiger partial charge in [-0.1, -0.05) is 0 Å². The van der Waals surface area contributed by atoms with Crippen molar-refractivity contribution in [2.75, 3.05) is 13.2 Å². The number of fused-ring (bicyclic) bond motifs is 1. The van der Waals surface area contributed by atoms with E-state index >= 15 is 0 Å². The third-order valence-corrected chi connectivity index (χ3v) is 3.01. The number of ether oxygens (including phenoxy) is 3. The van der Waals surface area contributed by atoms with Gasteiger partial charge in [-0.2, -0.15) is 0 Å². The number of aliphatic carboxylic acids is 1. The maximum absolute atomic E-state index is 11.4. The minimum atomic E-state index is -1.10. The second-order valence-electron chi connectivity index (χ2n) is 4.39. The fourth-order valence-corrected chi connectivity index (χ4v) is 2.17. The van der Waals surface area contributed by atoms with Crippen molar-refractivity contribution in [3.63, 3.8) is 0 Å². The van der Waals surface area contributed by atoms with Crippen LogP contribution in [-0.4, -0.2) is 59.8 Å². The van der Waals surface area contributed by atoms with Crippen molar-refractivity contribution >= 4 is 11.9 Å². The molecule has 10 nitrogen and oxygen atoms in total. The summed E-state index contributed by atoms with van der Waals surface area (Å²) < 4.78 is 15.6. The zero-order valence-corrected chi connectivity index (χ0v) is 10.3. The van der Waals surface area contributed by atoms with Crippen LogP contribution in [0.15, 0.2) is 0 Å². The van der Waals surface area contributed by atoms with Crippen LogP contribution in [0.1, 0.15) is 12.8 Å². The first-order valence-corrected chi connectivity index (χ1v) is 5.93. The van der Waals surface area contributed by atoms with E-state index < -0.39 is 41.4 Å². The molecule has 0 amide bonds. The number of esters is 1. The fraction of sp³-hybridized carbons (Fsp3) is 0.800. The van der Waals surface area contributed by atoms with Gasteiger partial charge in [0.25, 0.3) is 5.09 Å². The summed E-state index contributed by atoms with van der Waals surface area (Å²) in [5, 5.41) is 17.8. The number of hydrogen-bond acceptors (Lipinski definition) is 8. The fourth-order valence-electron chi connectivity index (χ4n) is 2.17. The van der Waals surface area contributed by atoms with Crippen LogP contribution in [0.25, 0.3) is 0 Å². The Morgan fingerprint density at radius 2 is 1.80 bits per heavy atom. The van der Waals surface area contributed by atoms with E-state index in [0.29, 0.717) is 0 Å². The lowest BCUT2D eigenvalue weighted by Gasteiger charge is -2.16. The van der Waals surface area contributed by atoms with Crippen molar-refractivity contribution in [3.05, 3.63) is 10.1 Å². The Morgan fingerprint density at radius 3 is 2.40 bits per heavy atom. The average Bonchev–Trinajstić information content (AvgIpc) is 2.91. The first kappa shape index (κ1) is 14.5. The molecule has 0 saturated carbocycles. The summed E-state index contributed by atoms with van der Waals surface area (Å²) >= 11 is 0. The van der Waals surface area contributed by atoms with Crippen molar-refractivity contribution in [2.45, 2.75) is 37.3 Å². The third kappa shape index (κ3) is 3.33. The van der Waals surface area contributed by atoms with Gasteiger partial charge in [-0.05, 0) is 0 Å². The smallest absolute Gasteiger partial charge is 0.306 e. The van der Waals surface area contributed by atoms with Gasteiger partial charge in [0.1, 0.15) is 12.2 Å². The molecule has 1 N–H and O–H groups in total. The molecule has 0 aromatic heterocycles. The van der Waals surface area contributed by atoms with Crippen molar-refractivity contribution in [1.82, 2.24) is 0 Å². The molecular weight excluding hydrogens is 278 g/mol. The van der Waals surface area contributed by atoms with Gasteiger partial charge in [-0.25, -0.2) is 0 Å².